The summed E-state index contributed by atoms with van der Waals surface area (Å²) in [7, 11) is 0. The van der Waals surface area contributed by atoms with Gasteiger partial charge < -0.3 is 20.1 Å². The zero-order chi connectivity index (χ0) is 25.5. The van der Waals surface area contributed by atoms with Crippen molar-refractivity contribution >= 4 is 0 Å². The molecule has 2 aromatic carbocycles. The lowest BCUT2D eigenvalue weighted by Crippen LogP contribution is -2.76. The Balaban J connectivity index is 1.13. The van der Waals surface area contributed by atoms with E-state index in [1.165, 1.54) is 0 Å². The number of nitrogens with one attached hydrogen (secondary N) is 2. The second-order valence-electron chi connectivity index (χ2n) is 12.2. The molecular weight excluding hydrogens is 488 g/mol. The molecule has 3 aromatic rings. The maximum absolute atomic E-state index is 6.98. The first-order chi connectivity index (χ1) is 19.3. The molecular formula is C31H34N6O2. The van der Waals surface area contributed by atoms with Crippen molar-refractivity contribution in [1.82, 2.24) is 30.5 Å². The highest BCUT2D eigenvalue weighted by atomic mass is 16.5. The van der Waals surface area contributed by atoms with E-state index in [0.29, 0.717) is 30.0 Å². The molecule has 10 unspecified atom stereocenters. The van der Waals surface area contributed by atoms with Gasteiger partial charge in [-0.1, -0.05) is 60.7 Å². The van der Waals surface area contributed by atoms with Crippen LogP contribution in [-0.4, -0.2) is 88.6 Å². The standard InChI is InChI=1S/C31H34N6O2/c1-3-7-17(8-4-1)29-34-30(18-9-5-2-6-10-18)36-31(35-29)19-11-20-21-13-32-14-23-27(21)37-26(20)22(12-19)38-24-15-33-16-25(39-23)28(24)37/h1-10,19-28,32-33H,11-16H2. The Hall–Kier alpha value is -2.75. The molecule has 9 rings (SSSR count). The summed E-state index contributed by atoms with van der Waals surface area (Å²) in [6, 6.07) is 22.0. The van der Waals surface area contributed by atoms with E-state index in [9.17, 15) is 0 Å². The zero-order valence-electron chi connectivity index (χ0n) is 21.9. The molecule has 1 aromatic heterocycles. The fourth-order valence-corrected chi connectivity index (χ4v) is 8.85. The summed E-state index contributed by atoms with van der Waals surface area (Å²) in [6.07, 6.45) is 2.89. The van der Waals surface area contributed by atoms with E-state index in [-0.39, 0.29) is 30.3 Å². The lowest BCUT2D eigenvalue weighted by Gasteiger charge is -2.59. The van der Waals surface area contributed by atoms with Gasteiger partial charge in [0, 0.05) is 48.8 Å². The van der Waals surface area contributed by atoms with E-state index in [0.717, 1.165) is 67.6 Å². The molecule has 0 spiro atoms. The molecule has 39 heavy (non-hydrogen) atoms. The van der Waals surface area contributed by atoms with Crippen LogP contribution in [0, 0.1) is 11.8 Å². The molecule has 6 fully saturated rings. The van der Waals surface area contributed by atoms with Crippen LogP contribution >= 0.6 is 0 Å². The second kappa shape index (κ2) is 8.88. The third-order valence-corrected chi connectivity index (χ3v) is 10.3. The first-order valence-electron chi connectivity index (χ1n) is 14.7. The third-order valence-electron chi connectivity index (χ3n) is 10.3. The number of morpholine rings is 2. The monoisotopic (exact) mass is 522 g/mol. The van der Waals surface area contributed by atoms with Crippen molar-refractivity contribution in [3.63, 3.8) is 0 Å². The van der Waals surface area contributed by atoms with Crippen molar-refractivity contribution in [3.8, 4) is 22.8 Å². The second-order valence-corrected chi connectivity index (χ2v) is 12.2. The Bertz CT molecular complexity index is 1320. The minimum atomic E-state index is 0.178. The summed E-state index contributed by atoms with van der Waals surface area (Å²) in [5, 5.41) is 7.33. The summed E-state index contributed by atoms with van der Waals surface area (Å²) in [5.74, 6) is 3.76. The van der Waals surface area contributed by atoms with Crippen LogP contribution in [0.25, 0.3) is 22.8 Å². The van der Waals surface area contributed by atoms with Crippen LogP contribution in [0.2, 0.25) is 0 Å². The molecule has 8 nitrogen and oxygen atoms in total. The lowest BCUT2D eigenvalue weighted by molar-refractivity contribution is -0.250. The number of piperidine rings is 2. The predicted molar refractivity (Wildman–Crippen MR) is 146 cm³/mol. The number of rotatable bonds is 3. The van der Waals surface area contributed by atoms with Crippen LogP contribution in [0.15, 0.2) is 60.7 Å². The number of hydrogen-bond donors (Lipinski definition) is 2. The van der Waals surface area contributed by atoms with Gasteiger partial charge in [0.1, 0.15) is 5.82 Å². The molecule has 5 aliphatic heterocycles. The first kappa shape index (κ1) is 23.0. The van der Waals surface area contributed by atoms with Crippen LogP contribution in [0.1, 0.15) is 24.6 Å². The molecule has 2 N–H and O–H groups in total. The fourth-order valence-electron chi connectivity index (χ4n) is 8.85. The Labute approximate surface area is 228 Å². The van der Waals surface area contributed by atoms with Gasteiger partial charge in [0.15, 0.2) is 11.6 Å². The topological polar surface area (TPSA) is 84.4 Å². The normalized spacial score (nSPS) is 40.2. The summed E-state index contributed by atoms with van der Waals surface area (Å²) in [4.78, 5) is 18.1. The molecule has 5 saturated heterocycles. The van der Waals surface area contributed by atoms with E-state index in [2.05, 4.69) is 39.8 Å². The molecule has 1 aliphatic carbocycles. The van der Waals surface area contributed by atoms with Crippen molar-refractivity contribution in [2.75, 3.05) is 26.2 Å². The maximum Gasteiger partial charge on any atom is 0.163 e. The van der Waals surface area contributed by atoms with Crippen molar-refractivity contribution in [2.24, 2.45) is 11.8 Å². The quantitative estimate of drug-likeness (QED) is 0.543. The van der Waals surface area contributed by atoms with E-state index >= 15 is 0 Å². The number of hydrogen-bond acceptors (Lipinski definition) is 8. The summed E-state index contributed by atoms with van der Waals surface area (Å²) < 4.78 is 13.7. The minimum absolute atomic E-state index is 0.178. The van der Waals surface area contributed by atoms with Crippen LogP contribution < -0.4 is 10.6 Å². The van der Waals surface area contributed by atoms with Gasteiger partial charge in [0.25, 0.3) is 0 Å². The van der Waals surface area contributed by atoms with E-state index in [1.807, 2.05) is 36.4 Å². The Morgan fingerprint density at radius 1 is 0.590 bits per heavy atom. The largest absolute Gasteiger partial charge is 0.370 e. The SMILES string of the molecule is c1ccc(-c2nc(-c3ccccc3)nc(C3CC4OC5CNCC6OC7CNCC8C(C3)C4N(C65)C78)n2)cc1. The summed E-state index contributed by atoms with van der Waals surface area (Å²) >= 11 is 0. The number of benzene rings is 2. The van der Waals surface area contributed by atoms with Crippen LogP contribution in [0.5, 0.6) is 0 Å². The molecule has 6 aliphatic rings. The highest BCUT2D eigenvalue weighted by molar-refractivity contribution is 5.60. The lowest BCUT2D eigenvalue weighted by atomic mass is 9.70. The van der Waals surface area contributed by atoms with Crippen molar-refractivity contribution < 1.29 is 9.47 Å². The van der Waals surface area contributed by atoms with Gasteiger partial charge in [0.05, 0.1) is 30.5 Å². The Kier molecular flexibility index (Phi) is 5.24. The van der Waals surface area contributed by atoms with Crippen molar-refractivity contribution in [1.29, 1.82) is 0 Å². The molecule has 6 heterocycles. The average molecular weight is 523 g/mol. The smallest absolute Gasteiger partial charge is 0.163 e. The van der Waals surface area contributed by atoms with Gasteiger partial charge in [-0.05, 0) is 31.2 Å². The van der Waals surface area contributed by atoms with Gasteiger partial charge in [-0.25, -0.2) is 15.0 Å². The third kappa shape index (κ3) is 3.52. The maximum atomic E-state index is 6.98. The molecule has 0 radical (unpaired) electrons. The van der Waals surface area contributed by atoms with Crippen LogP contribution in [-0.2, 0) is 9.47 Å². The number of fused-ring (bicyclic) bond motifs is 1. The zero-order valence-corrected chi connectivity index (χ0v) is 21.9. The van der Waals surface area contributed by atoms with Gasteiger partial charge in [-0.15, -0.1) is 0 Å². The summed E-state index contributed by atoms with van der Waals surface area (Å²) in [5.41, 5.74) is 2.05. The molecule has 0 amide bonds. The van der Waals surface area contributed by atoms with Crippen molar-refractivity contribution in [2.45, 2.75) is 61.3 Å². The first-order valence-corrected chi connectivity index (χ1v) is 14.7. The van der Waals surface area contributed by atoms with E-state index in [1.54, 1.807) is 0 Å². The fraction of sp³-hybridized carbons (Fsp3) is 0.516. The molecule has 8 heteroatoms. The van der Waals surface area contributed by atoms with E-state index < -0.39 is 0 Å². The molecule has 10 atom stereocenters. The van der Waals surface area contributed by atoms with Crippen molar-refractivity contribution in [3.05, 3.63) is 66.5 Å². The van der Waals surface area contributed by atoms with Gasteiger partial charge in [-0.3, -0.25) is 4.90 Å². The number of ether oxygens (including phenoxy) is 2. The van der Waals surface area contributed by atoms with Crippen LogP contribution in [0.4, 0.5) is 0 Å². The molecule has 1 saturated carbocycles. The Morgan fingerprint density at radius 3 is 1.82 bits per heavy atom. The highest BCUT2D eigenvalue weighted by Gasteiger charge is 2.66. The molecule has 200 valence electrons. The van der Waals surface area contributed by atoms with Gasteiger partial charge in [-0.2, -0.15) is 0 Å². The summed E-state index contributed by atoms with van der Waals surface area (Å²) in [6.45, 7) is 3.84. The van der Waals surface area contributed by atoms with E-state index in [4.69, 9.17) is 24.4 Å². The highest BCUT2D eigenvalue weighted by Crippen LogP contribution is 2.55. The minimum Gasteiger partial charge on any atom is -0.370 e. The van der Waals surface area contributed by atoms with Gasteiger partial charge in [0.2, 0.25) is 0 Å². The molecule has 0 bridgehead atoms. The number of nitrogens with zero attached hydrogens (tertiary/aromatic N) is 4. The number of aromatic nitrogens is 3. The van der Waals surface area contributed by atoms with Gasteiger partial charge >= 0.3 is 0 Å². The van der Waals surface area contributed by atoms with Crippen LogP contribution in [0.3, 0.4) is 0 Å². The predicted octanol–water partition coefficient (Wildman–Crippen LogP) is 2.48. The average Bonchev–Trinajstić information content (AvgIpc) is 3.34. The Morgan fingerprint density at radius 2 is 1.15 bits per heavy atom.